The third kappa shape index (κ3) is 2.69. The zero-order valence-corrected chi connectivity index (χ0v) is 9.19. The molecule has 0 aliphatic carbocycles. The van der Waals surface area contributed by atoms with Gasteiger partial charge in [-0.05, 0) is 29.8 Å². The molecule has 0 saturated carbocycles. The molecule has 0 heterocycles. The second-order valence-corrected chi connectivity index (χ2v) is 3.81. The highest BCUT2D eigenvalue weighted by molar-refractivity contribution is 6.01. The lowest BCUT2D eigenvalue weighted by Gasteiger charge is -2.04. The number of hydrogen-bond acceptors (Lipinski definition) is 2. The van der Waals surface area contributed by atoms with Gasteiger partial charge in [-0.2, -0.15) is 0 Å². The van der Waals surface area contributed by atoms with Crippen molar-refractivity contribution < 1.29 is 9.18 Å². The van der Waals surface area contributed by atoms with E-state index in [1.165, 1.54) is 12.1 Å². The lowest BCUT2D eigenvalue weighted by Crippen LogP contribution is -2.06. The highest BCUT2D eigenvalue weighted by Gasteiger charge is 2.09. The molecular formula is C14H12FNO. The van der Waals surface area contributed by atoms with Crippen LogP contribution in [-0.4, -0.2) is 5.78 Å². The van der Waals surface area contributed by atoms with Crippen molar-refractivity contribution in [3.05, 3.63) is 65.5 Å². The van der Waals surface area contributed by atoms with E-state index < -0.39 is 0 Å². The van der Waals surface area contributed by atoms with Crippen LogP contribution in [-0.2, 0) is 6.42 Å². The van der Waals surface area contributed by atoms with Gasteiger partial charge in [0.25, 0.3) is 0 Å². The number of Topliss-reactive ketones (excluding diaryl/α,β-unsaturated/α-hetero) is 1. The largest absolute Gasteiger partial charge is 0.398 e. The number of hydrogen-bond donors (Lipinski definition) is 1. The van der Waals surface area contributed by atoms with Crippen LogP contribution in [0.5, 0.6) is 0 Å². The number of nitrogen functional groups attached to an aromatic ring is 1. The lowest BCUT2D eigenvalue weighted by molar-refractivity contribution is 0.0994. The molecule has 2 nitrogen and oxygen atoms in total. The van der Waals surface area contributed by atoms with Crippen LogP contribution in [0.1, 0.15) is 15.9 Å². The van der Waals surface area contributed by atoms with E-state index in [-0.39, 0.29) is 18.0 Å². The number of nitrogens with two attached hydrogens (primary N) is 1. The number of carbonyl (C=O) groups is 1. The van der Waals surface area contributed by atoms with Crippen LogP contribution in [0.25, 0.3) is 0 Å². The van der Waals surface area contributed by atoms with E-state index in [0.29, 0.717) is 11.3 Å². The zero-order chi connectivity index (χ0) is 12.3. The fraction of sp³-hybridized carbons (Fsp3) is 0.0714. The Kier molecular flexibility index (Phi) is 3.19. The first kappa shape index (κ1) is 11.3. The third-order valence-corrected chi connectivity index (χ3v) is 2.54. The predicted octanol–water partition coefficient (Wildman–Crippen LogP) is 2.83. The molecule has 86 valence electrons. The van der Waals surface area contributed by atoms with Crippen molar-refractivity contribution in [2.75, 3.05) is 5.73 Å². The van der Waals surface area contributed by atoms with Crippen molar-refractivity contribution in [2.45, 2.75) is 6.42 Å². The molecule has 0 unspecified atom stereocenters. The molecule has 0 saturated heterocycles. The molecule has 2 rings (SSSR count). The number of carbonyl (C=O) groups excluding carboxylic acids is 1. The monoisotopic (exact) mass is 229 g/mol. The normalized spacial score (nSPS) is 10.2. The number of anilines is 1. The van der Waals surface area contributed by atoms with E-state index in [0.717, 1.165) is 5.56 Å². The molecule has 17 heavy (non-hydrogen) atoms. The minimum atomic E-state index is -0.305. The maximum atomic E-state index is 12.7. The Hall–Kier alpha value is -2.16. The molecule has 3 heteroatoms. The van der Waals surface area contributed by atoms with E-state index in [9.17, 15) is 9.18 Å². The van der Waals surface area contributed by atoms with Crippen LogP contribution in [0.3, 0.4) is 0 Å². The Labute approximate surface area is 98.9 Å². The molecule has 2 aromatic carbocycles. The average Bonchev–Trinajstić information content (AvgIpc) is 2.32. The molecular weight excluding hydrogens is 217 g/mol. The van der Waals surface area contributed by atoms with Crippen LogP contribution >= 0.6 is 0 Å². The molecule has 0 aliphatic heterocycles. The van der Waals surface area contributed by atoms with E-state index in [4.69, 9.17) is 5.73 Å². The second kappa shape index (κ2) is 4.78. The van der Waals surface area contributed by atoms with Gasteiger partial charge in [0.2, 0.25) is 0 Å². The van der Waals surface area contributed by atoms with Crippen LogP contribution in [0.4, 0.5) is 10.1 Å². The van der Waals surface area contributed by atoms with Gasteiger partial charge in [0.15, 0.2) is 5.78 Å². The summed E-state index contributed by atoms with van der Waals surface area (Å²) >= 11 is 0. The van der Waals surface area contributed by atoms with Crippen LogP contribution in [0, 0.1) is 5.82 Å². The number of para-hydroxylation sites is 1. The molecule has 0 aromatic heterocycles. The summed E-state index contributed by atoms with van der Waals surface area (Å²) in [6.07, 6.45) is 0.231. The van der Waals surface area contributed by atoms with Gasteiger partial charge in [-0.15, -0.1) is 0 Å². The first-order valence-corrected chi connectivity index (χ1v) is 5.29. The van der Waals surface area contributed by atoms with Gasteiger partial charge < -0.3 is 5.73 Å². The molecule has 2 N–H and O–H groups in total. The van der Waals surface area contributed by atoms with Gasteiger partial charge in [0.05, 0.1) is 0 Å². The highest BCUT2D eigenvalue weighted by atomic mass is 19.1. The molecule has 2 aromatic rings. The van der Waals surface area contributed by atoms with Crippen molar-refractivity contribution in [3.63, 3.8) is 0 Å². The summed E-state index contributed by atoms with van der Waals surface area (Å²) in [6.45, 7) is 0. The van der Waals surface area contributed by atoms with E-state index in [1.54, 1.807) is 36.4 Å². The minimum absolute atomic E-state index is 0.0605. The first-order chi connectivity index (χ1) is 8.16. The number of rotatable bonds is 3. The summed E-state index contributed by atoms with van der Waals surface area (Å²) in [4.78, 5) is 11.9. The highest BCUT2D eigenvalue weighted by Crippen LogP contribution is 2.14. The Morgan fingerprint density at radius 3 is 2.35 bits per heavy atom. The van der Waals surface area contributed by atoms with Crippen molar-refractivity contribution in [2.24, 2.45) is 0 Å². The zero-order valence-electron chi connectivity index (χ0n) is 9.19. The quantitative estimate of drug-likeness (QED) is 0.649. The Morgan fingerprint density at radius 2 is 1.71 bits per heavy atom. The minimum Gasteiger partial charge on any atom is -0.398 e. The molecule has 0 bridgehead atoms. The summed E-state index contributed by atoms with van der Waals surface area (Å²) in [5, 5.41) is 0. The summed E-state index contributed by atoms with van der Waals surface area (Å²) in [5.74, 6) is -0.366. The second-order valence-electron chi connectivity index (χ2n) is 3.81. The molecule has 0 spiro atoms. The standard InChI is InChI=1S/C14H12FNO/c15-11-7-5-10(6-8-11)9-14(17)12-3-1-2-4-13(12)16/h1-8H,9,16H2. The van der Waals surface area contributed by atoms with Crippen LogP contribution < -0.4 is 5.73 Å². The number of ketones is 1. The maximum absolute atomic E-state index is 12.7. The Bertz CT molecular complexity index is 534. The maximum Gasteiger partial charge on any atom is 0.169 e. The Morgan fingerprint density at radius 1 is 1.06 bits per heavy atom. The van der Waals surface area contributed by atoms with Crippen molar-refractivity contribution in [1.82, 2.24) is 0 Å². The summed E-state index contributed by atoms with van der Waals surface area (Å²) in [7, 11) is 0. The fourth-order valence-corrected chi connectivity index (χ4v) is 1.63. The van der Waals surface area contributed by atoms with Gasteiger partial charge in [-0.1, -0.05) is 24.3 Å². The molecule has 0 fully saturated rings. The SMILES string of the molecule is Nc1ccccc1C(=O)Cc1ccc(F)cc1. The predicted molar refractivity (Wildman–Crippen MR) is 65.3 cm³/mol. The lowest BCUT2D eigenvalue weighted by atomic mass is 10.0. The van der Waals surface area contributed by atoms with Crippen molar-refractivity contribution >= 4 is 11.5 Å². The third-order valence-electron chi connectivity index (χ3n) is 2.54. The summed E-state index contributed by atoms with van der Waals surface area (Å²) in [5.41, 5.74) is 7.48. The van der Waals surface area contributed by atoms with Crippen molar-refractivity contribution in [3.8, 4) is 0 Å². The molecule has 0 amide bonds. The first-order valence-electron chi connectivity index (χ1n) is 5.29. The Balaban J connectivity index is 2.17. The van der Waals surface area contributed by atoms with Crippen molar-refractivity contribution in [1.29, 1.82) is 0 Å². The smallest absolute Gasteiger partial charge is 0.169 e. The van der Waals surface area contributed by atoms with Gasteiger partial charge >= 0.3 is 0 Å². The molecule has 0 radical (unpaired) electrons. The van der Waals surface area contributed by atoms with Gasteiger partial charge in [-0.25, -0.2) is 4.39 Å². The van der Waals surface area contributed by atoms with Crippen LogP contribution in [0.2, 0.25) is 0 Å². The molecule has 0 atom stereocenters. The van der Waals surface area contributed by atoms with E-state index in [1.807, 2.05) is 0 Å². The fourth-order valence-electron chi connectivity index (χ4n) is 1.63. The van der Waals surface area contributed by atoms with Gasteiger partial charge in [-0.3, -0.25) is 4.79 Å². The van der Waals surface area contributed by atoms with E-state index in [2.05, 4.69) is 0 Å². The van der Waals surface area contributed by atoms with Gasteiger partial charge in [0, 0.05) is 17.7 Å². The summed E-state index contributed by atoms with van der Waals surface area (Å²) < 4.78 is 12.7. The van der Waals surface area contributed by atoms with Crippen LogP contribution in [0.15, 0.2) is 48.5 Å². The topological polar surface area (TPSA) is 43.1 Å². The van der Waals surface area contributed by atoms with E-state index >= 15 is 0 Å². The number of halogens is 1. The van der Waals surface area contributed by atoms with Gasteiger partial charge in [0.1, 0.15) is 5.82 Å². The number of benzene rings is 2. The molecule has 0 aliphatic rings. The summed E-state index contributed by atoms with van der Waals surface area (Å²) in [6, 6.07) is 12.8. The average molecular weight is 229 g/mol.